The molecule has 1 aliphatic carbocycles. The van der Waals surface area contributed by atoms with Gasteiger partial charge in [0.2, 0.25) is 5.79 Å². The van der Waals surface area contributed by atoms with Crippen LogP contribution in [0.4, 0.5) is 0 Å². The standard InChI is InChI=1S/C59H97NO14Si/c1-37-21-17-16-18-22-38(2)49(68-11)35-45-26-24-43(7)59(67,74-45)55(64)56(65)60-28-20-19-23-46(60)57(66)73-50(36-47(61)39(3)32-42(6)53(63)54(70-13)52(62)41(5)31-37)40(4)33-44-25-27-48(51(34-44)69-12)71-29-30-72-75(14,15)58(8,9)10/h16-18,21-22,32,37,39-41,43-46,48-51,53-54,63,67H,19-20,23-31,33-36H2,1-15H3/b18-16+,21-17+,38-22+,42-32+/t37-,39-,40-,41-,43-,44+,45+,46+,48-,49?,50+,51-,53-,54?,59-/m1/s1/i29D2,30D2. The summed E-state index contributed by atoms with van der Waals surface area (Å²) in [5.74, 6) is -8.82. The minimum absolute atomic E-state index is 0.0138. The summed E-state index contributed by atoms with van der Waals surface area (Å²) < 4.78 is 76.6. The number of aliphatic hydroxyl groups is 2. The molecule has 0 spiro atoms. The molecular weight excluding hydrogens is 975 g/mol. The third kappa shape index (κ3) is 17.7. The Kier molecular flexibility index (Phi) is 22.5. The molecule has 4 aliphatic rings. The molecule has 2 bridgehead atoms. The number of hydrogen-bond donors (Lipinski definition) is 2. The Bertz CT molecular complexity index is 2210. The van der Waals surface area contributed by atoms with E-state index >= 15 is 0 Å². The van der Waals surface area contributed by atoms with Gasteiger partial charge in [0.1, 0.15) is 30.1 Å². The highest BCUT2D eigenvalue weighted by Gasteiger charge is 2.53. The Morgan fingerprint density at radius 3 is 2.23 bits per heavy atom. The predicted octanol–water partition coefficient (Wildman–Crippen LogP) is 9.23. The van der Waals surface area contributed by atoms with Crippen molar-refractivity contribution in [1.82, 2.24) is 4.90 Å². The van der Waals surface area contributed by atoms with Crippen LogP contribution in [0.1, 0.15) is 152 Å². The summed E-state index contributed by atoms with van der Waals surface area (Å²) >= 11 is 0. The summed E-state index contributed by atoms with van der Waals surface area (Å²) in [6.07, 6.45) is 9.05. The molecule has 1 saturated carbocycles. The van der Waals surface area contributed by atoms with E-state index in [1.54, 1.807) is 40.9 Å². The van der Waals surface area contributed by atoms with E-state index in [0.29, 0.717) is 63.4 Å². The first-order valence-electron chi connectivity index (χ1n) is 29.5. The van der Waals surface area contributed by atoms with Crippen molar-refractivity contribution in [3.63, 3.8) is 0 Å². The summed E-state index contributed by atoms with van der Waals surface area (Å²) in [5.41, 5.74) is 1.20. The van der Waals surface area contributed by atoms with Gasteiger partial charge in [-0.25, -0.2) is 4.79 Å². The minimum atomic E-state index is -2.83. The Morgan fingerprint density at radius 1 is 0.867 bits per heavy atom. The zero-order valence-electron chi connectivity index (χ0n) is 52.0. The normalized spacial score (nSPS) is 38.3. The molecule has 75 heavy (non-hydrogen) atoms. The molecule has 15 nitrogen and oxygen atoms in total. The number of ketones is 3. The molecule has 15 atom stereocenters. The lowest BCUT2D eigenvalue weighted by molar-refractivity contribution is -0.265. The Labute approximate surface area is 456 Å². The molecule has 1 amide bonds. The largest absolute Gasteiger partial charge is 0.460 e. The Morgan fingerprint density at radius 2 is 1.57 bits per heavy atom. The number of cyclic esters (lactones) is 1. The van der Waals surface area contributed by atoms with Gasteiger partial charge in [0, 0.05) is 58.5 Å². The predicted molar refractivity (Wildman–Crippen MR) is 292 cm³/mol. The lowest BCUT2D eigenvalue weighted by atomic mass is 9.78. The molecule has 3 fully saturated rings. The lowest BCUT2D eigenvalue weighted by Gasteiger charge is -2.42. The van der Waals surface area contributed by atoms with Gasteiger partial charge < -0.3 is 48.0 Å². The van der Waals surface area contributed by atoms with E-state index in [1.807, 2.05) is 85.0 Å². The molecule has 0 aromatic carbocycles. The number of esters is 1. The van der Waals surface area contributed by atoms with Gasteiger partial charge in [-0.3, -0.25) is 19.2 Å². The average Bonchev–Trinajstić information content (AvgIpc) is 3.44. The SMILES string of the molecule is [2H]C([2H])(O[C@@H]1CC[C@@H](C[C@@H](C)[C@@H]2CC(=O)[C@H](C)/C=C(\C)[C@@H](O)C(OC)C(=O)[C@H](C)C[C@H](C)/C=C/C=C/C=C(\C)C(OC)C[C@@H]3CC[C@@H](C)[C@@](O)(O3)C(=O)C(=O)N3CCCC[C@H]3C(=O)O2)C[C@H]1OC)C([2H])([2H])O[Si](C)(C)C(C)(C)C. The van der Waals surface area contributed by atoms with Gasteiger partial charge in [-0.2, -0.15) is 0 Å². The van der Waals surface area contributed by atoms with Crippen LogP contribution in [0.25, 0.3) is 0 Å². The number of aliphatic hydroxyl groups excluding tert-OH is 1. The number of hydrogen-bond acceptors (Lipinski definition) is 14. The molecule has 3 aliphatic heterocycles. The molecule has 3 heterocycles. The van der Waals surface area contributed by atoms with E-state index in [1.165, 1.54) is 14.2 Å². The summed E-state index contributed by atoms with van der Waals surface area (Å²) in [5, 5.41) is 23.2. The van der Waals surface area contributed by atoms with Crippen molar-refractivity contribution < 1.29 is 72.5 Å². The van der Waals surface area contributed by atoms with Crippen LogP contribution in [0.3, 0.4) is 0 Å². The monoisotopic (exact) mass is 1080 g/mol. The maximum absolute atomic E-state index is 14.7. The third-order valence-corrected chi connectivity index (χ3v) is 21.0. The molecule has 2 saturated heterocycles. The fraction of sp³-hybridized carbons (Fsp3) is 0.780. The molecule has 4 rings (SSSR count). The van der Waals surface area contributed by atoms with Gasteiger partial charge in [-0.1, -0.05) is 91.8 Å². The highest BCUT2D eigenvalue weighted by molar-refractivity contribution is 6.74. The zero-order valence-corrected chi connectivity index (χ0v) is 49.0. The average molecular weight is 1080 g/mol. The molecule has 2 unspecified atom stereocenters. The zero-order chi connectivity index (χ0) is 59.6. The number of fused-ring (bicyclic) bond motifs is 3. The van der Waals surface area contributed by atoms with Crippen LogP contribution in [0.2, 0.25) is 18.1 Å². The first-order chi connectivity index (χ1) is 36.6. The number of allylic oxidation sites excluding steroid dienone is 6. The number of rotatable bonds is 11. The van der Waals surface area contributed by atoms with Gasteiger partial charge in [0.05, 0.1) is 43.0 Å². The van der Waals surface area contributed by atoms with Gasteiger partial charge in [0.15, 0.2) is 14.1 Å². The number of nitrogens with zero attached hydrogens (tertiary/aromatic N) is 1. The lowest BCUT2D eigenvalue weighted by Crippen LogP contribution is -2.61. The van der Waals surface area contributed by atoms with Crippen molar-refractivity contribution in [3.8, 4) is 0 Å². The van der Waals surface area contributed by atoms with Crippen LogP contribution >= 0.6 is 0 Å². The van der Waals surface area contributed by atoms with Crippen molar-refractivity contribution in [2.75, 3.05) is 41.0 Å². The topological polar surface area (TPSA) is 194 Å². The van der Waals surface area contributed by atoms with E-state index in [0.717, 1.165) is 10.5 Å². The third-order valence-electron chi connectivity index (χ3n) is 16.8. The maximum Gasteiger partial charge on any atom is 0.329 e. The summed E-state index contributed by atoms with van der Waals surface area (Å²) in [4.78, 5) is 72.9. The molecule has 0 aromatic rings. The highest BCUT2D eigenvalue weighted by Crippen LogP contribution is 2.39. The summed E-state index contributed by atoms with van der Waals surface area (Å²) in [7, 11) is 1.64. The van der Waals surface area contributed by atoms with E-state index in [-0.39, 0.29) is 49.2 Å². The van der Waals surface area contributed by atoms with E-state index < -0.39 is 122 Å². The van der Waals surface area contributed by atoms with Gasteiger partial charge in [0.25, 0.3) is 11.7 Å². The van der Waals surface area contributed by atoms with Crippen LogP contribution < -0.4 is 0 Å². The van der Waals surface area contributed by atoms with Gasteiger partial charge >= 0.3 is 5.97 Å². The number of carbonyl (C=O) groups is 5. The molecule has 2 N–H and O–H groups in total. The van der Waals surface area contributed by atoms with Crippen LogP contribution in [-0.2, 0) is 56.8 Å². The minimum Gasteiger partial charge on any atom is -0.460 e. The van der Waals surface area contributed by atoms with Crippen molar-refractivity contribution in [1.29, 1.82) is 0 Å². The summed E-state index contributed by atoms with van der Waals surface area (Å²) in [6.45, 7) is 16.4. The fourth-order valence-electron chi connectivity index (χ4n) is 10.6. The smallest absolute Gasteiger partial charge is 0.329 e. The maximum atomic E-state index is 14.7. The van der Waals surface area contributed by atoms with Crippen molar-refractivity contribution >= 4 is 37.5 Å². The number of carbonyl (C=O) groups excluding carboxylic acids is 5. The number of ether oxygens (including phenoxy) is 6. The van der Waals surface area contributed by atoms with Crippen LogP contribution in [-0.4, -0.2) is 148 Å². The Hall–Kier alpha value is -3.19. The van der Waals surface area contributed by atoms with Gasteiger partial charge in [-0.05, 0) is 125 Å². The van der Waals surface area contributed by atoms with E-state index in [2.05, 4.69) is 0 Å². The quantitative estimate of drug-likeness (QED) is 0.0861. The van der Waals surface area contributed by atoms with Gasteiger partial charge in [-0.15, -0.1) is 0 Å². The van der Waals surface area contributed by atoms with Crippen LogP contribution in [0, 0.1) is 35.5 Å². The second kappa shape index (κ2) is 29.1. The van der Waals surface area contributed by atoms with E-state index in [4.69, 9.17) is 38.3 Å². The first kappa shape index (κ1) is 58.0. The number of piperidine rings is 1. The molecule has 16 heteroatoms. The highest BCUT2D eigenvalue weighted by atomic mass is 28.4. The number of methoxy groups -OCH3 is 3. The van der Waals surface area contributed by atoms with Crippen molar-refractivity contribution in [2.45, 2.75) is 219 Å². The number of amides is 1. The molecule has 426 valence electrons. The van der Waals surface area contributed by atoms with E-state index in [9.17, 15) is 34.2 Å². The fourth-order valence-corrected chi connectivity index (χ4v) is 11.2. The van der Waals surface area contributed by atoms with Crippen LogP contribution in [0.5, 0.6) is 0 Å². The number of Topliss-reactive ketones (excluding diaryl/α,β-unsaturated/α-hetero) is 3. The first-order valence-corrected chi connectivity index (χ1v) is 30.4. The van der Waals surface area contributed by atoms with Crippen molar-refractivity contribution in [3.05, 3.63) is 47.6 Å². The Balaban J connectivity index is 1.69. The molecule has 0 aromatic heterocycles. The molecule has 0 radical (unpaired) electrons. The second-order valence-electron chi connectivity index (χ2n) is 23.7. The van der Waals surface area contributed by atoms with Crippen molar-refractivity contribution in [2.24, 2.45) is 35.5 Å². The van der Waals surface area contributed by atoms with Crippen LogP contribution in [0.15, 0.2) is 47.6 Å². The summed E-state index contributed by atoms with van der Waals surface area (Å²) in [6, 6.07) is -1.22. The molecular formula is C59H97NO14Si. The second-order valence-corrected chi connectivity index (χ2v) is 28.5.